The maximum Gasteiger partial charge on any atom is 0.325 e. The molecule has 118 valence electrons. The van der Waals surface area contributed by atoms with Crippen LogP contribution >= 0.6 is 0 Å². The van der Waals surface area contributed by atoms with Crippen LogP contribution in [0.5, 0.6) is 5.75 Å². The molecular formula is C16H21N3O3. The van der Waals surface area contributed by atoms with Gasteiger partial charge in [0.15, 0.2) is 0 Å². The van der Waals surface area contributed by atoms with Crippen molar-refractivity contribution >= 4 is 11.9 Å². The first-order valence-electron chi connectivity index (χ1n) is 7.53. The monoisotopic (exact) mass is 303 g/mol. The number of imide groups is 1. The number of methoxy groups -OCH3 is 1. The number of amides is 3. The van der Waals surface area contributed by atoms with Crippen LogP contribution in [-0.2, 0) is 11.3 Å². The molecule has 22 heavy (non-hydrogen) atoms. The molecule has 1 aromatic carbocycles. The van der Waals surface area contributed by atoms with Gasteiger partial charge < -0.3 is 15.4 Å². The summed E-state index contributed by atoms with van der Waals surface area (Å²) in [5.74, 6) is 0.623. The molecule has 0 saturated carbocycles. The number of hydrogen-bond acceptors (Lipinski definition) is 4. The maximum atomic E-state index is 12.7. The minimum atomic E-state index is -0.712. The van der Waals surface area contributed by atoms with Crippen molar-refractivity contribution in [1.29, 1.82) is 0 Å². The number of nitrogens with one attached hydrogen (secondary N) is 2. The second-order valence-electron chi connectivity index (χ2n) is 6.01. The van der Waals surface area contributed by atoms with Gasteiger partial charge in [0.2, 0.25) is 0 Å². The van der Waals surface area contributed by atoms with Crippen LogP contribution in [0.4, 0.5) is 4.79 Å². The third kappa shape index (κ3) is 2.54. The number of urea groups is 1. The summed E-state index contributed by atoms with van der Waals surface area (Å²) in [7, 11) is 1.61. The SMILES string of the molecule is COc1cc(C)cc(CN2C(=O)NC3(CCNCC3)C2=O)c1. The van der Waals surface area contributed by atoms with Crippen LogP contribution < -0.4 is 15.4 Å². The molecule has 2 aliphatic heterocycles. The van der Waals surface area contributed by atoms with Crippen molar-refractivity contribution < 1.29 is 14.3 Å². The summed E-state index contributed by atoms with van der Waals surface area (Å²) in [4.78, 5) is 26.3. The molecule has 6 nitrogen and oxygen atoms in total. The number of aryl methyl sites for hydroxylation is 1. The quantitative estimate of drug-likeness (QED) is 0.823. The Labute approximate surface area is 129 Å². The summed E-state index contributed by atoms with van der Waals surface area (Å²) in [6.45, 7) is 3.74. The van der Waals surface area contributed by atoms with Crippen LogP contribution in [0.15, 0.2) is 18.2 Å². The van der Waals surface area contributed by atoms with E-state index in [9.17, 15) is 9.59 Å². The molecule has 0 unspecified atom stereocenters. The van der Waals surface area contributed by atoms with Gasteiger partial charge in [-0.05, 0) is 56.1 Å². The summed E-state index contributed by atoms with van der Waals surface area (Å²) >= 11 is 0. The molecule has 1 spiro atoms. The van der Waals surface area contributed by atoms with Crippen molar-refractivity contribution in [3.05, 3.63) is 29.3 Å². The Kier molecular flexibility index (Phi) is 3.78. The third-order valence-corrected chi connectivity index (χ3v) is 4.39. The molecule has 6 heteroatoms. The summed E-state index contributed by atoms with van der Waals surface area (Å²) in [5, 5.41) is 6.12. The summed E-state index contributed by atoms with van der Waals surface area (Å²) < 4.78 is 5.25. The molecule has 0 aromatic heterocycles. The van der Waals surface area contributed by atoms with E-state index in [4.69, 9.17) is 4.74 Å². The van der Waals surface area contributed by atoms with Gasteiger partial charge in [0.25, 0.3) is 5.91 Å². The first kappa shape index (κ1) is 14.8. The van der Waals surface area contributed by atoms with Crippen LogP contribution in [0, 0.1) is 6.92 Å². The van der Waals surface area contributed by atoms with Crippen molar-refractivity contribution in [3.8, 4) is 5.75 Å². The highest BCUT2D eigenvalue weighted by Gasteiger charge is 2.51. The van der Waals surface area contributed by atoms with E-state index in [0.717, 1.165) is 30.0 Å². The highest BCUT2D eigenvalue weighted by Crippen LogP contribution is 2.28. The highest BCUT2D eigenvalue weighted by molar-refractivity contribution is 6.07. The lowest BCUT2D eigenvalue weighted by Gasteiger charge is -2.31. The molecule has 2 fully saturated rings. The number of piperidine rings is 1. The number of nitrogens with zero attached hydrogens (tertiary/aromatic N) is 1. The predicted molar refractivity (Wildman–Crippen MR) is 81.6 cm³/mol. The van der Waals surface area contributed by atoms with Gasteiger partial charge in [-0.25, -0.2) is 4.79 Å². The van der Waals surface area contributed by atoms with Crippen molar-refractivity contribution in [2.75, 3.05) is 20.2 Å². The number of ether oxygens (including phenoxy) is 1. The molecule has 2 N–H and O–H groups in total. The van der Waals surface area contributed by atoms with E-state index in [-0.39, 0.29) is 18.5 Å². The van der Waals surface area contributed by atoms with Crippen molar-refractivity contribution in [2.45, 2.75) is 31.8 Å². The normalized spacial score (nSPS) is 20.4. The Balaban J connectivity index is 1.82. The van der Waals surface area contributed by atoms with Gasteiger partial charge in [0, 0.05) is 0 Å². The van der Waals surface area contributed by atoms with Crippen LogP contribution in [0.3, 0.4) is 0 Å². The molecule has 1 aromatic rings. The summed E-state index contributed by atoms with van der Waals surface area (Å²) in [6, 6.07) is 5.45. The largest absolute Gasteiger partial charge is 0.497 e. The van der Waals surface area contributed by atoms with E-state index in [1.54, 1.807) is 7.11 Å². The van der Waals surface area contributed by atoms with Crippen LogP contribution in [0.2, 0.25) is 0 Å². The lowest BCUT2D eigenvalue weighted by molar-refractivity contribution is -0.132. The molecule has 0 aliphatic carbocycles. The first-order valence-corrected chi connectivity index (χ1v) is 7.53. The zero-order chi connectivity index (χ0) is 15.7. The lowest BCUT2D eigenvalue weighted by Crippen LogP contribution is -2.53. The number of carbonyl (C=O) groups excluding carboxylic acids is 2. The van der Waals surface area contributed by atoms with Gasteiger partial charge in [-0.2, -0.15) is 0 Å². The molecule has 0 atom stereocenters. The van der Waals surface area contributed by atoms with Gasteiger partial charge in [0.05, 0.1) is 13.7 Å². The van der Waals surface area contributed by atoms with Gasteiger partial charge in [0.1, 0.15) is 11.3 Å². The van der Waals surface area contributed by atoms with Crippen LogP contribution in [-0.4, -0.2) is 42.6 Å². The number of hydrogen-bond donors (Lipinski definition) is 2. The Hall–Kier alpha value is -2.08. The van der Waals surface area contributed by atoms with Crippen LogP contribution in [0.25, 0.3) is 0 Å². The third-order valence-electron chi connectivity index (χ3n) is 4.39. The fraction of sp³-hybridized carbons (Fsp3) is 0.500. The minimum absolute atomic E-state index is 0.112. The molecule has 0 bridgehead atoms. The molecular weight excluding hydrogens is 282 g/mol. The van der Waals surface area contributed by atoms with Gasteiger partial charge >= 0.3 is 6.03 Å². The fourth-order valence-corrected chi connectivity index (χ4v) is 3.23. The Morgan fingerprint density at radius 2 is 1.95 bits per heavy atom. The summed E-state index contributed by atoms with van der Waals surface area (Å²) in [5.41, 5.74) is 1.22. The zero-order valence-electron chi connectivity index (χ0n) is 12.9. The standard InChI is InChI=1S/C16H21N3O3/c1-11-7-12(9-13(8-11)22-2)10-19-14(20)16(18-15(19)21)3-5-17-6-4-16/h7-9,17H,3-6,10H2,1-2H3,(H,18,21). The van der Waals surface area contributed by atoms with E-state index in [1.807, 2.05) is 25.1 Å². The molecule has 3 amide bonds. The number of rotatable bonds is 3. The van der Waals surface area contributed by atoms with Crippen molar-refractivity contribution in [1.82, 2.24) is 15.5 Å². The topological polar surface area (TPSA) is 70.7 Å². The first-order chi connectivity index (χ1) is 10.5. The van der Waals surface area contributed by atoms with E-state index in [1.165, 1.54) is 4.90 Å². The lowest BCUT2D eigenvalue weighted by atomic mass is 9.88. The average molecular weight is 303 g/mol. The molecule has 3 rings (SSSR count). The minimum Gasteiger partial charge on any atom is -0.497 e. The van der Waals surface area contributed by atoms with E-state index in [2.05, 4.69) is 10.6 Å². The van der Waals surface area contributed by atoms with Gasteiger partial charge in [-0.15, -0.1) is 0 Å². The Morgan fingerprint density at radius 3 is 2.64 bits per heavy atom. The van der Waals surface area contributed by atoms with Crippen molar-refractivity contribution in [2.24, 2.45) is 0 Å². The molecule has 2 heterocycles. The highest BCUT2D eigenvalue weighted by atomic mass is 16.5. The second kappa shape index (κ2) is 5.61. The van der Waals surface area contributed by atoms with E-state index < -0.39 is 5.54 Å². The second-order valence-corrected chi connectivity index (χ2v) is 6.01. The van der Waals surface area contributed by atoms with Gasteiger partial charge in [-0.3, -0.25) is 9.69 Å². The molecule has 2 saturated heterocycles. The van der Waals surface area contributed by atoms with Gasteiger partial charge in [-0.1, -0.05) is 6.07 Å². The Morgan fingerprint density at radius 1 is 1.23 bits per heavy atom. The molecule has 2 aliphatic rings. The maximum absolute atomic E-state index is 12.7. The zero-order valence-corrected chi connectivity index (χ0v) is 12.9. The fourth-order valence-electron chi connectivity index (χ4n) is 3.23. The Bertz CT molecular complexity index is 609. The van der Waals surface area contributed by atoms with Crippen LogP contribution in [0.1, 0.15) is 24.0 Å². The molecule has 0 radical (unpaired) electrons. The predicted octanol–water partition coefficient (Wildman–Crippen LogP) is 1.18. The summed E-state index contributed by atoms with van der Waals surface area (Å²) in [6.07, 6.45) is 1.29. The van der Waals surface area contributed by atoms with Crippen molar-refractivity contribution in [3.63, 3.8) is 0 Å². The van der Waals surface area contributed by atoms with E-state index >= 15 is 0 Å². The number of carbonyl (C=O) groups is 2. The number of benzene rings is 1. The smallest absolute Gasteiger partial charge is 0.325 e. The van der Waals surface area contributed by atoms with E-state index in [0.29, 0.717) is 12.8 Å². The average Bonchev–Trinajstić information content (AvgIpc) is 2.72.